The zero-order valence-corrected chi connectivity index (χ0v) is 12.4. The third kappa shape index (κ3) is 3.44. The van der Waals surface area contributed by atoms with Crippen molar-refractivity contribution in [1.82, 2.24) is 15.0 Å². The van der Waals surface area contributed by atoms with E-state index in [0.717, 1.165) is 35.8 Å². The summed E-state index contributed by atoms with van der Waals surface area (Å²) in [6, 6.07) is 5.69. The normalized spacial score (nSPS) is 10.4. The van der Waals surface area contributed by atoms with Crippen molar-refractivity contribution < 1.29 is 4.74 Å². The van der Waals surface area contributed by atoms with Crippen LogP contribution in [-0.2, 0) is 6.42 Å². The van der Waals surface area contributed by atoms with Crippen LogP contribution in [0.25, 0.3) is 0 Å². The second kappa shape index (κ2) is 6.32. The van der Waals surface area contributed by atoms with Crippen molar-refractivity contribution >= 4 is 5.95 Å². The van der Waals surface area contributed by atoms with Gasteiger partial charge in [-0.3, -0.25) is 4.98 Å². The minimum atomic E-state index is 0.536. The smallest absolute Gasteiger partial charge is 0.226 e. The highest BCUT2D eigenvalue weighted by Crippen LogP contribution is 2.24. The van der Waals surface area contributed by atoms with Gasteiger partial charge >= 0.3 is 0 Å². The molecule has 0 radical (unpaired) electrons. The van der Waals surface area contributed by atoms with E-state index in [1.54, 1.807) is 0 Å². The van der Waals surface area contributed by atoms with Crippen LogP contribution >= 0.6 is 0 Å². The van der Waals surface area contributed by atoms with Gasteiger partial charge in [-0.15, -0.1) is 0 Å². The lowest BCUT2D eigenvalue weighted by atomic mass is 10.2. The highest BCUT2D eigenvalue weighted by Gasteiger charge is 2.08. The van der Waals surface area contributed by atoms with Crippen molar-refractivity contribution in [2.75, 3.05) is 11.9 Å². The third-order valence-electron chi connectivity index (χ3n) is 2.79. The number of rotatable bonds is 5. The minimum absolute atomic E-state index is 0.536. The SMILES string of the molecule is CCNc1nc(C)cc(Oc2ccc(C)nc2CC)n1. The van der Waals surface area contributed by atoms with Gasteiger partial charge in [-0.05, 0) is 39.3 Å². The standard InChI is InChI=1S/C15H20N4O/c1-5-12-13(8-7-10(3)17-12)20-14-9-11(4)18-15(19-14)16-6-2/h7-9H,5-6H2,1-4H3,(H,16,18,19). The van der Waals surface area contributed by atoms with Gasteiger partial charge in [0.25, 0.3) is 0 Å². The molecule has 0 spiro atoms. The Bertz CT molecular complexity index is 598. The van der Waals surface area contributed by atoms with Crippen molar-refractivity contribution in [3.8, 4) is 11.6 Å². The highest BCUT2D eigenvalue weighted by atomic mass is 16.5. The van der Waals surface area contributed by atoms with Gasteiger partial charge in [0.2, 0.25) is 11.8 Å². The molecule has 0 aliphatic rings. The number of aryl methyl sites for hydroxylation is 3. The third-order valence-corrected chi connectivity index (χ3v) is 2.79. The van der Waals surface area contributed by atoms with Gasteiger partial charge in [0, 0.05) is 24.0 Å². The maximum atomic E-state index is 5.87. The van der Waals surface area contributed by atoms with Crippen LogP contribution in [0, 0.1) is 13.8 Å². The zero-order chi connectivity index (χ0) is 14.5. The first-order valence-corrected chi connectivity index (χ1v) is 6.86. The molecule has 0 aliphatic carbocycles. The Morgan fingerprint density at radius 3 is 2.55 bits per heavy atom. The molecule has 0 amide bonds. The van der Waals surface area contributed by atoms with Gasteiger partial charge in [0.1, 0.15) is 0 Å². The molecule has 0 bridgehead atoms. The van der Waals surface area contributed by atoms with Gasteiger partial charge in [-0.25, -0.2) is 4.98 Å². The second-order valence-electron chi connectivity index (χ2n) is 4.55. The van der Waals surface area contributed by atoms with Crippen LogP contribution in [0.5, 0.6) is 11.6 Å². The molecule has 0 saturated carbocycles. The van der Waals surface area contributed by atoms with E-state index >= 15 is 0 Å². The van der Waals surface area contributed by atoms with Crippen LogP contribution in [0.3, 0.4) is 0 Å². The van der Waals surface area contributed by atoms with Crippen LogP contribution in [0.4, 0.5) is 5.95 Å². The number of nitrogens with zero attached hydrogens (tertiary/aromatic N) is 3. The summed E-state index contributed by atoms with van der Waals surface area (Å²) in [5, 5.41) is 3.09. The number of hydrogen-bond acceptors (Lipinski definition) is 5. The molecule has 0 fully saturated rings. The van der Waals surface area contributed by atoms with Crippen LogP contribution in [-0.4, -0.2) is 21.5 Å². The summed E-state index contributed by atoms with van der Waals surface area (Å²) < 4.78 is 5.87. The predicted octanol–water partition coefficient (Wildman–Crippen LogP) is 3.27. The molecule has 0 aliphatic heterocycles. The molecule has 5 heteroatoms. The summed E-state index contributed by atoms with van der Waals surface area (Å²) in [4.78, 5) is 13.1. The highest BCUT2D eigenvalue weighted by molar-refractivity contribution is 5.36. The van der Waals surface area contributed by atoms with Gasteiger partial charge in [0.15, 0.2) is 5.75 Å². The Labute approximate surface area is 119 Å². The molecule has 2 aromatic rings. The van der Waals surface area contributed by atoms with Gasteiger partial charge < -0.3 is 10.1 Å². The molecular formula is C15H20N4O. The zero-order valence-electron chi connectivity index (χ0n) is 12.4. The van der Waals surface area contributed by atoms with Crippen LogP contribution in [0.15, 0.2) is 18.2 Å². The molecule has 2 rings (SSSR count). The molecule has 20 heavy (non-hydrogen) atoms. The van der Waals surface area contributed by atoms with E-state index in [1.165, 1.54) is 0 Å². The predicted molar refractivity (Wildman–Crippen MR) is 79.4 cm³/mol. The Morgan fingerprint density at radius 2 is 1.85 bits per heavy atom. The van der Waals surface area contributed by atoms with E-state index in [2.05, 4.69) is 27.2 Å². The number of aromatic nitrogens is 3. The fourth-order valence-corrected chi connectivity index (χ4v) is 1.89. The van der Waals surface area contributed by atoms with E-state index in [0.29, 0.717) is 11.8 Å². The van der Waals surface area contributed by atoms with Gasteiger partial charge in [-0.1, -0.05) is 6.92 Å². The second-order valence-corrected chi connectivity index (χ2v) is 4.55. The molecule has 2 heterocycles. The number of ether oxygens (including phenoxy) is 1. The first-order valence-electron chi connectivity index (χ1n) is 6.86. The average molecular weight is 272 g/mol. The topological polar surface area (TPSA) is 59.9 Å². The molecular weight excluding hydrogens is 252 g/mol. The number of hydrogen-bond donors (Lipinski definition) is 1. The summed E-state index contributed by atoms with van der Waals surface area (Å²) in [7, 11) is 0. The summed E-state index contributed by atoms with van der Waals surface area (Å²) in [6.07, 6.45) is 0.821. The Hall–Kier alpha value is -2.17. The quantitative estimate of drug-likeness (QED) is 0.905. The van der Waals surface area contributed by atoms with Crippen LogP contribution in [0.1, 0.15) is 30.9 Å². The fourth-order valence-electron chi connectivity index (χ4n) is 1.89. The first-order chi connectivity index (χ1) is 9.62. The number of pyridine rings is 1. The maximum absolute atomic E-state index is 5.87. The average Bonchev–Trinajstić information content (AvgIpc) is 2.40. The molecule has 5 nitrogen and oxygen atoms in total. The Kier molecular flexibility index (Phi) is 4.50. The maximum Gasteiger partial charge on any atom is 0.226 e. The molecule has 0 unspecified atom stereocenters. The van der Waals surface area contributed by atoms with Crippen molar-refractivity contribution in [2.24, 2.45) is 0 Å². The lowest BCUT2D eigenvalue weighted by Gasteiger charge is -2.11. The number of nitrogens with one attached hydrogen (secondary N) is 1. The van der Waals surface area contributed by atoms with Crippen molar-refractivity contribution in [3.63, 3.8) is 0 Å². The van der Waals surface area contributed by atoms with Crippen molar-refractivity contribution in [2.45, 2.75) is 34.1 Å². The van der Waals surface area contributed by atoms with Gasteiger partial charge in [-0.2, -0.15) is 4.98 Å². The monoisotopic (exact) mass is 272 g/mol. The van der Waals surface area contributed by atoms with E-state index in [4.69, 9.17) is 4.74 Å². The molecule has 0 aromatic carbocycles. The molecule has 0 atom stereocenters. The Morgan fingerprint density at radius 1 is 1.05 bits per heavy atom. The Balaban J connectivity index is 2.29. The lowest BCUT2D eigenvalue weighted by Crippen LogP contribution is -2.04. The van der Waals surface area contributed by atoms with Crippen molar-refractivity contribution in [3.05, 3.63) is 35.3 Å². The first kappa shape index (κ1) is 14.2. The molecule has 2 aromatic heterocycles. The summed E-state index contributed by atoms with van der Waals surface area (Å²) >= 11 is 0. The lowest BCUT2D eigenvalue weighted by molar-refractivity contribution is 0.453. The molecule has 1 N–H and O–H groups in total. The van der Waals surface area contributed by atoms with E-state index < -0.39 is 0 Å². The van der Waals surface area contributed by atoms with Gasteiger partial charge in [0.05, 0.1) is 5.69 Å². The summed E-state index contributed by atoms with van der Waals surface area (Å²) in [6.45, 7) is 8.73. The summed E-state index contributed by atoms with van der Waals surface area (Å²) in [5.74, 6) is 1.87. The minimum Gasteiger partial charge on any atom is -0.437 e. The van der Waals surface area contributed by atoms with E-state index in [1.807, 2.05) is 39.0 Å². The van der Waals surface area contributed by atoms with E-state index in [9.17, 15) is 0 Å². The molecule has 0 saturated heterocycles. The van der Waals surface area contributed by atoms with E-state index in [-0.39, 0.29) is 0 Å². The number of anilines is 1. The fraction of sp³-hybridized carbons (Fsp3) is 0.400. The van der Waals surface area contributed by atoms with Crippen LogP contribution in [0.2, 0.25) is 0 Å². The van der Waals surface area contributed by atoms with Crippen LogP contribution < -0.4 is 10.1 Å². The molecule has 106 valence electrons. The van der Waals surface area contributed by atoms with Crippen molar-refractivity contribution in [1.29, 1.82) is 0 Å². The largest absolute Gasteiger partial charge is 0.437 e. The summed E-state index contributed by atoms with van der Waals surface area (Å²) in [5.41, 5.74) is 2.79.